The SMILES string of the molecule is CC(C)C[C@@](C)(COc1ccc(-c2ccnc3cc[nH]c23)cc1C#N)N(C(=O)O)C(C)(C)C. The van der Waals surface area contributed by atoms with Crippen molar-refractivity contribution in [1.29, 1.82) is 5.26 Å². The number of fused-ring (bicyclic) bond motifs is 1. The molecular formula is C26H32N4O3. The van der Waals surface area contributed by atoms with E-state index in [-0.39, 0.29) is 12.5 Å². The van der Waals surface area contributed by atoms with E-state index in [1.807, 2.05) is 52.1 Å². The molecule has 1 amide bonds. The fourth-order valence-corrected chi connectivity index (χ4v) is 4.77. The van der Waals surface area contributed by atoms with Crippen LogP contribution < -0.4 is 4.74 Å². The molecule has 0 radical (unpaired) electrons. The standard InChI is InChI=1S/C26H32N4O3/c1-17(2)14-26(6,30(24(31)32)25(3,4)5)16-33-22-8-7-18(13-19(22)15-27)20-9-11-28-21-10-12-29-23(20)21/h7-13,17,29H,14,16H2,1-6H3,(H,31,32)/t26-/m0/s1. The van der Waals surface area contributed by atoms with Crippen LogP contribution in [-0.4, -0.2) is 43.8 Å². The molecule has 2 aromatic heterocycles. The second kappa shape index (κ2) is 9.14. The highest BCUT2D eigenvalue weighted by atomic mass is 16.5. The van der Waals surface area contributed by atoms with E-state index in [2.05, 4.69) is 29.9 Å². The number of carbonyl (C=O) groups is 1. The largest absolute Gasteiger partial charge is 0.490 e. The summed E-state index contributed by atoms with van der Waals surface area (Å²) >= 11 is 0. The molecule has 2 N–H and O–H groups in total. The first kappa shape index (κ1) is 24.1. The highest BCUT2D eigenvalue weighted by Gasteiger charge is 2.43. The van der Waals surface area contributed by atoms with Gasteiger partial charge in [-0.15, -0.1) is 0 Å². The van der Waals surface area contributed by atoms with Gasteiger partial charge in [-0.1, -0.05) is 19.9 Å². The van der Waals surface area contributed by atoms with Crippen molar-refractivity contribution in [2.24, 2.45) is 5.92 Å². The lowest BCUT2D eigenvalue weighted by molar-refractivity contribution is -0.0109. The van der Waals surface area contributed by atoms with Crippen molar-refractivity contribution in [2.45, 2.75) is 59.0 Å². The number of nitrogens with one attached hydrogen (secondary N) is 1. The molecule has 1 atom stereocenters. The van der Waals surface area contributed by atoms with Gasteiger partial charge in [-0.2, -0.15) is 5.26 Å². The molecule has 1 aromatic carbocycles. The summed E-state index contributed by atoms with van der Waals surface area (Å²) in [6.45, 7) is 11.8. The van der Waals surface area contributed by atoms with Gasteiger partial charge in [-0.3, -0.25) is 9.88 Å². The van der Waals surface area contributed by atoms with Gasteiger partial charge < -0.3 is 14.8 Å². The summed E-state index contributed by atoms with van der Waals surface area (Å²) in [5, 5.41) is 19.8. The van der Waals surface area contributed by atoms with Gasteiger partial charge >= 0.3 is 6.09 Å². The molecule has 3 aromatic rings. The minimum absolute atomic E-state index is 0.138. The van der Waals surface area contributed by atoms with Gasteiger partial charge in [0.1, 0.15) is 18.4 Å². The zero-order valence-corrected chi connectivity index (χ0v) is 20.1. The number of hydrogen-bond acceptors (Lipinski definition) is 4. The van der Waals surface area contributed by atoms with E-state index in [0.29, 0.717) is 17.7 Å². The van der Waals surface area contributed by atoms with Gasteiger partial charge in [-0.05, 0) is 69.9 Å². The number of pyridine rings is 1. The first-order chi connectivity index (χ1) is 15.5. The number of amides is 1. The zero-order valence-electron chi connectivity index (χ0n) is 20.1. The maximum atomic E-state index is 12.2. The molecule has 2 heterocycles. The number of ether oxygens (including phenoxy) is 1. The summed E-state index contributed by atoms with van der Waals surface area (Å²) in [5.41, 5.74) is 2.60. The number of hydrogen-bond donors (Lipinski definition) is 2. The maximum absolute atomic E-state index is 12.2. The lowest BCUT2D eigenvalue weighted by atomic mass is 9.86. The van der Waals surface area contributed by atoms with Gasteiger partial charge in [0.15, 0.2) is 0 Å². The Morgan fingerprint density at radius 2 is 1.97 bits per heavy atom. The van der Waals surface area contributed by atoms with E-state index < -0.39 is 17.2 Å². The Balaban J connectivity index is 1.94. The molecule has 7 nitrogen and oxygen atoms in total. The van der Waals surface area contributed by atoms with E-state index in [1.54, 1.807) is 18.3 Å². The molecule has 0 bridgehead atoms. The second-order valence-corrected chi connectivity index (χ2v) is 10.1. The van der Waals surface area contributed by atoms with Gasteiger partial charge in [-0.25, -0.2) is 4.79 Å². The normalized spacial score (nSPS) is 13.5. The van der Waals surface area contributed by atoms with Crippen LogP contribution in [-0.2, 0) is 0 Å². The van der Waals surface area contributed by atoms with Crippen molar-refractivity contribution >= 4 is 17.1 Å². The van der Waals surface area contributed by atoms with Gasteiger partial charge in [0.05, 0.1) is 22.1 Å². The van der Waals surface area contributed by atoms with Crippen molar-refractivity contribution in [3.05, 3.63) is 48.3 Å². The van der Waals surface area contributed by atoms with Gasteiger partial charge in [0, 0.05) is 23.5 Å². The van der Waals surface area contributed by atoms with Crippen LogP contribution >= 0.6 is 0 Å². The predicted molar refractivity (Wildman–Crippen MR) is 129 cm³/mol. The van der Waals surface area contributed by atoms with Crippen LogP contribution in [0.15, 0.2) is 42.7 Å². The number of rotatable bonds is 7. The molecule has 0 aliphatic carbocycles. The number of aromatic nitrogens is 2. The third kappa shape index (κ3) is 5.11. The Labute approximate surface area is 195 Å². The number of carboxylic acid groups (broad SMARTS) is 1. The highest BCUT2D eigenvalue weighted by Crippen LogP contribution is 2.34. The Kier molecular flexibility index (Phi) is 6.68. The number of benzene rings is 1. The summed E-state index contributed by atoms with van der Waals surface area (Å²) in [7, 11) is 0. The quantitative estimate of drug-likeness (QED) is 0.457. The van der Waals surface area contributed by atoms with Crippen molar-refractivity contribution < 1.29 is 14.6 Å². The molecule has 7 heteroatoms. The van der Waals surface area contributed by atoms with E-state index in [9.17, 15) is 15.2 Å². The minimum Gasteiger partial charge on any atom is -0.490 e. The smallest absolute Gasteiger partial charge is 0.408 e. The average molecular weight is 449 g/mol. The van der Waals surface area contributed by atoms with Gasteiger partial charge in [0.25, 0.3) is 0 Å². The van der Waals surface area contributed by atoms with E-state index >= 15 is 0 Å². The molecular weight excluding hydrogens is 416 g/mol. The Bertz CT molecular complexity index is 1190. The minimum atomic E-state index is -0.988. The fourth-order valence-electron chi connectivity index (χ4n) is 4.77. The molecule has 0 fully saturated rings. The van der Waals surface area contributed by atoms with E-state index in [1.165, 1.54) is 4.90 Å². The molecule has 0 spiro atoms. The molecule has 0 unspecified atom stereocenters. The predicted octanol–water partition coefficient (Wildman–Crippen LogP) is 6.06. The average Bonchev–Trinajstić information content (AvgIpc) is 3.19. The van der Waals surface area contributed by atoms with Crippen molar-refractivity contribution in [3.8, 4) is 22.9 Å². The van der Waals surface area contributed by atoms with Crippen molar-refractivity contribution in [2.75, 3.05) is 6.61 Å². The van der Waals surface area contributed by atoms with Crippen LogP contribution in [0.2, 0.25) is 0 Å². The molecule has 0 aliphatic rings. The lowest BCUT2D eigenvalue weighted by Crippen LogP contribution is -2.61. The second-order valence-electron chi connectivity index (χ2n) is 10.1. The Hall–Kier alpha value is -3.53. The van der Waals surface area contributed by atoms with Crippen LogP contribution in [0, 0.1) is 17.2 Å². The molecule has 0 saturated carbocycles. The van der Waals surface area contributed by atoms with Crippen LogP contribution in [0.3, 0.4) is 0 Å². The van der Waals surface area contributed by atoms with E-state index in [0.717, 1.165) is 22.2 Å². The molecule has 33 heavy (non-hydrogen) atoms. The molecule has 174 valence electrons. The first-order valence-corrected chi connectivity index (χ1v) is 11.1. The third-order valence-corrected chi connectivity index (χ3v) is 5.65. The van der Waals surface area contributed by atoms with Crippen LogP contribution in [0.1, 0.15) is 53.5 Å². The molecule has 0 aliphatic heterocycles. The maximum Gasteiger partial charge on any atom is 0.408 e. The van der Waals surface area contributed by atoms with Crippen LogP contribution in [0.25, 0.3) is 22.2 Å². The third-order valence-electron chi connectivity index (χ3n) is 5.65. The van der Waals surface area contributed by atoms with Crippen molar-refractivity contribution in [1.82, 2.24) is 14.9 Å². The molecule has 0 saturated heterocycles. The summed E-state index contributed by atoms with van der Waals surface area (Å²) < 4.78 is 6.14. The molecule has 3 rings (SSSR count). The van der Waals surface area contributed by atoms with Gasteiger partial charge in [0.2, 0.25) is 0 Å². The topological polar surface area (TPSA) is 102 Å². The number of nitriles is 1. The monoisotopic (exact) mass is 448 g/mol. The zero-order chi connectivity index (χ0) is 24.4. The van der Waals surface area contributed by atoms with Crippen molar-refractivity contribution in [3.63, 3.8) is 0 Å². The fraction of sp³-hybridized carbons (Fsp3) is 0.423. The van der Waals surface area contributed by atoms with Crippen LogP contribution in [0.5, 0.6) is 5.75 Å². The Morgan fingerprint density at radius 3 is 2.58 bits per heavy atom. The lowest BCUT2D eigenvalue weighted by Gasteiger charge is -2.47. The number of H-pyrrole nitrogens is 1. The Morgan fingerprint density at radius 1 is 1.24 bits per heavy atom. The summed E-state index contributed by atoms with van der Waals surface area (Å²) in [6, 6.07) is 11.5. The summed E-state index contributed by atoms with van der Waals surface area (Å²) in [4.78, 5) is 21.2. The summed E-state index contributed by atoms with van der Waals surface area (Å²) in [6.07, 6.45) is 3.21. The number of nitrogens with zero attached hydrogens (tertiary/aromatic N) is 3. The first-order valence-electron chi connectivity index (χ1n) is 11.1. The highest BCUT2D eigenvalue weighted by molar-refractivity contribution is 5.91. The summed E-state index contributed by atoms with van der Waals surface area (Å²) in [5.74, 6) is 0.697. The van der Waals surface area contributed by atoms with Crippen LogP contribution in [0.4, 0.5) is 4.79 Å². The van der Waals surface area contributed by atoms with E-state index in [4.69, 9.17) is 4.74 Å². The number of aromatic amines is 1.